The number of carbonyl (C=O) groups is 1. The highest BCUT2D eigenvalue weighted by Crippen LogP contribution is 2.33. The van der Waals surface area contributed by atoms with E-state index in [0.717, 1.165) is 43.0 Å². The second-order valence-electron chi connectivity index (χ2n) is 10.6. The fourth-order valence-electron chi connectivity index (χ4n) is 5.06. The number of nitrogens with zero attached hydrogens (tertiary/aromatic N) is 5. The van der Waals surface area contributed by atoms with Crippen molar-refractivity contribution in [3.05, 3.63) is 58.9 Å². The zero-order chi connectivity index (χ0) is 24.5. The monoisotopic (exact) mass is 469 g/mol. The predicted octanol–water partition coefficient (Wildman–Crippen LogP) is 2.62. The van der Waals surface area contributed by atoms with Gasteiger partial charge in [-0.15, -0.1) is 0 Å². The average molecular weight is 470 g/mol. The number of carbonyl (C=O) groups excluding carboxylic acids is 1. The van der Waals surface area contributed by atoms with Gasteiger partial charge in [0.05, 0.1) is 12.1 Å². The zero-order valence-electron chi connectivity index (χ0n) is 20.7. The molecule has 0 saturated carbocycles. The van der Waals surface area contributed by atoms with Gasteiger partial charge in [-0.3, -0.25) is 9.69 Å². The van der Waals surface area contributed by atoms with Crippen LogP contribution in [0.5, 0.6) is 0 Å². The third-order valence-corrected chi connectivity index (χ3v) is 7.25. The van der Waals surface area contributed by atoms with E-state index >= 15 is 0 Å². The molecule has 184 valence electrons. The first-order valence-electron chi connectivity index (χ1n) is 12.0. The minimum atomic E-state index is -0.991. The fraction of sp³-hybridized carbons (Fsp3) is 0.577. The second-order valence-corrected chi connectivity index (χ2v) is 10.6. The van der Waals surface area contributed by atoms with Crippen molar-refractivity contribution < 1.29 is 14.3 Å². The Morgan fingerprint density at radius 3 is 2.50 bits per heavy atom. The van der Waals surface area contributed by atoms with Crippen LogP contribution in [0.4, 0.5) is 4.39 Å². The Morgan fingerprint density at radius 2 is 1.82 bits per heavy atom. The van der Waals surface area contributed by atoms with E-state index in [0.29, 0.717) is 31.7 Å². The number of hydrogen-bond acceptors (Lipinski definition) is 6. The summed E-state index contributed by atoms with van der Waals surface area (Å²) in [6, 6.07) is 8.14. The SMILES string of the molecule is Cc1cc(C(=O)N2CC[C@](O)(CN(C)Cc3ccc(F)cc3)C2)nc(C2(C)CCN(C)CC2)n1. The summed E-state index contributed by atoms with van der Waals surface area (Å²) in [5.74, 6) is 0.334. The van der Waals surface area contributed by atoms with Crippen LogP contribution in [0.1, 0.15) is 53.8 Å². The summed E-state index contributed by atoms with van der Waals surface area (Å²) in [7, 11) is 4.05. The van der Waals surface area contributed by atoms with Crippen LogP contribution in [0.2, 0.25) is 0 Å². The molecule has 1 N–H and O–H groups in total. The van der Waals surface area contributed by atoms with Gasteiger partial charge in [-0.2, -0.15) is 0 Å². The molecule has 0 radical (unpaired) electrons. The van der Waals surface area contributed by atoms with E-state index in [4.69, 9.17) is 9.97 Å². The van der Waals surface area contributed by atoms with Crippen molar-refractivity contribution in [1.29, 1.82) is 0 Å². The number of likely N-dealkylation sites (N-methyl/N-ethyl adjacent to an activating group) is 1. The molecule has 2 saturated heterocycles. The van der Waals surface area contributed by atoms with E-state index in [2.05, 4.69) is 18.9 Å². The van der Waals surface area contributed by atoms with Crippen molar-refractivity contribution >= 4 is 5.91 Å². The fourth-order valence-corrected chi connectivity index (χ4v) is 5.06. The molecule has 0 bridgehead atoms. The van der Waals surface area contributed by atoms with Crippen molar-refractivity contribution in [3.63, 3.8) is 0 Å². The first kappa shape index (κ1) is 24.7. The molecule has 3 heterocycles. The van der Waals surface area contributed by atoms with Crippen molar-refractivity contribution in [1.82, 2.24) is 24.7 Å². The molecule has 34 heavy (non-hydrogen) atoms. The standard InChI is InChI=1S/C26H36FN5O2/c1-19-15-22(29-24(28-19)25(2)9-12-30(3)13-10-25)23(33)32-14-11-26(34,18-32)17-31(4)16-20-5-7-21(27)8-6-20/h5-8,15,34H,9-14,16-18H2,1-4H3/t26-/m0/s1. The van der Waals surface area contributed by atoms with E-state index in [1.54, 1.807) is 23.1 Å². The summed E-state index contributed by atoms with van der Waals surface area (Å²) in [6.45, 7) is 7.84. The summed E-state index contributed by atoms with van der Waals surface area (Å²) < 4.78 is 13.2. The van der Waals surface area contributed by atoms with E-state index in [-0.39, 0.29) is 23.7 Å². The van der Waals surface area contributed by atoms with Crippen LogP contribution in [0.15, 0.2) is 30.3 Å². The van der Waals surface area contributed by atoms with Crippen LogP contribution < -0.4 is 0 Å². The lowest BCUT2D eigenvalue weighted by molar-refractivity contribution is 0.0163. The zero-order valence-corrected chi connectivity index (χ0v) is 20.7. The molecule has 2 aliphatic rings. The Hall–Kier alpha value is -2.42. The quantitative estimate of drug-likeness (QED) is 0.701. The van der Waals surface area contributed by atoms with Crippen LogP contribution >= 0.6 is 0 Å². The number of rotatable bonds is 6. The number of β-amino-alcohol motifs (C(OH)–C–C–N with tert-alkyl or cyclic N) is 1. The van der Waals surface area contributed by atoms with Gasteiger partial charge in [0.2, 0.25) is 0 Å². The second kappa shape index (κ2) is 9.68. The third kappa shape index (κ3) is 5.62. The van der Waals surface area contributed by atoms with Gasteiger partial charge in [0.1, 0.15) is 17.3 Å². The minimum Gasteiger partial charge on any atom is -0.387 e. The number of piperidine rings is 1. The third-order valence-electron chi connectivity index (χ3n) is 7.25. The summed E-state index contributed by atoms with van der Waals surface area (Å²) in [6.07, 6.45) is 2.43. The number of aliphatic hydroxyl groups is 1. The first-order chi connectivity index (χ1) is 16.1. The molecular weight excluding hydrogens is 433 g/mol. The summed E-state index contributed by atoms with van der Waals surface area (Å²) in [4.78, 5) is 28.8. The highest BCUT2D eigenvalue weighted by atomic mass is 19.1. The van der Waals surface area contributed by atoms with E-state index in [9.17, 15) is 14.3 Å². The van der Waals surface area contributed by atoms with Gasteiger partial charge in [0.15, 0.2) is 0 Å². The Bertz CT molecular complexity index is 1020. The van der Waals surface area contributed by atoms with Crippen LogP contribution in [-0.2, 0) is 12.0 Å². The molecule has 0 unspecified atom stereocenters. The van der Waals surface area contributed by atoms with Gasteiger partial charge < -0.3 is 14.9 Å². The molecule has 4 rings (SSSR count). The minimum absolute atomic E-state index is 0.137. The van der Waals surface area contributed by atoms with Crippen LogP contribution in [0, 0.1) is 12.7 Å². The number of aryl methyl sites for hydroxylation is 1. The van der Waals surface area contributed by atoms with Gasteiger partial charge in [0.25, 0.3) is 5.91 Å². The smallest absolute Gasteiger partial charge is 0.272 e. The molecule has 2 aliphatic heterocycles. The van der Waals surface area contributed by atoms with Gasteiger partial charge in [-0.1, -0.05) is 19.1 Å². The largest absolute Gasteiger partial charge is 0.387 e. The van der Waals surface area contributed by atoms with Crippen molar-refractivity contribution in [2.75, 3.05) is 46.8 Å². The molecule has 1 amide bonds. The number of amides is 1. The van der Waals surface area contributed by atoms with Crippen LogP contribution in [-0.4, -0.2) is 88.1 Å². The van der Waals surface area contributed by atoms with Gasteiger partial charge >= 0.3 is 0 Å². The summed E-state index contributed by atoms with van der Waals surface area (Å²) in [5, 5.41) is 11.2. The molecule has 0 aliphatic carbocycles. The number of hydrogen-bond donors (Lipinski definition) is 1. The number of benzene rings is 1. The lowest BCUT2D eigenvalue weighted by Gasteiger charge is -2.36. The molecule has 1 atom stereocenters. The average Bonchev–Trinajstić information content (AvgIpc) is 3.18. The molecule has 8 heteroatoms. The molecule has 1 aromatic carbocycles. The highest BCUT2D eigenvalue weighted by molar-refractivity contribution is 5.92. The Kier molecular flexibility index (Phi) is 7.03. The van der Waals surface area contributed by atoms with Gasteiger partial charge in [-0.05, 0) is 77.1 Å². The maximum atomic E-state index is 13.4. The maximum Gasteiger partial charge on any atom is 0.272 e. The molecule has 2 fully saturated rings. The van der Waals surface area contributed by atoms with E-state index in [1.165, 1.54) is 12.1 Å². The lowest BCUT2D eigenvalue weighted by atomic mass is 9.79. The number of aromatic nitrogens is 2. The van der Waals surface area contributed by atoms with E-state index < -0.39 is 5.60 Å². The topological polar surface area (TPSA) is 72.8 Å². The van der Waals surface area contributed by atoms with Crippen molar-refractivity contribution in [2.24, 2.45) is 0 Å². The summed E-state index contributed by atoms with van der Waals surface area (Å²) in [5.41, 5.74) is 1.05. The Labute approximate surface area is 201 Å². The number of halogens is 1. The lowest BCUT2D eigenvalue weighted by Crippen LogP contribution is -2.44. The van der Waals surface area contributed by atoms with Gasteiger partial charge in [-0.25, -0.2) is 14.4 Å². The van der Waals surface area contributed by atoms with Crippen molar-refractivity contribution in [3.8, 4) is 0 Å². The summed E-state index contributed by atoms with van der Waals surface area (Å²) >= 11 is 0. The molecular formula is C26H36FN5O2. The Balaban J connectivity index is 1.42. The van der Waals surface area contributed by atoms with Crippen molar-refractivity contribution in [2.45, 2.75) is 50.7 Å². The first-order valence-corrected chi connectivity index (χ1v) is 12.0. The van der Waals surface area contributed by atoms with Gasteiger partial charge in [0, 0.05) is 30.7 Å². The number of likely N-dealkylation sites (tertiary alicyclic amines) is 2. The highest BCUT2D eigenvalue weighted by Gasteiger charge is 2.40. The molecule has 0 spiro atoms. The molecule has 1 aromatic heterocycles. The maximum absolute atomic E-state index is 13.4. The Morgan fingerprint density at radius 1 is 1.15 bits per heavy atom. The normalized spacial score (nSPS) is 23.0. The molecule has 2 aromatic rings. The predicted molar refractivity (Wildman–Crippen MR) is 129 cm³/mol. The van der Waals surface area contributed by atoms with E-state index in [1.807, 2.05) is 18.9 Å². The van der Waals surface area contributed by atoms with Crippen LogP contribution in [0.25, 0.3) is 0 Å². The van der Waals surface area contributed by atoms with Crippen LogP contribution in [0.3, 0.4) is 0 Å². The molecule has 7 nitrogen and oxygen atoms in total.